The van der Waals surface area contributed by atoms with Crippen LogP contribution >= 0.6 is 0 Å². The third kappa shape index (κ3) is 5.81. The molecule has 0 aromatic carbocycles. The number of nitrogens with one attached hydrogen (secondary N) is 2. The van der Waals surface area contributed by atoms with Crippen LogP contribution in [0.5, 0.6) is 0 Å². The van der Waals surface area contributed by atoms with Gasteiger partial charge in [0, 0.05) is 34.0 Å². The van der Waals surface area contributed by atoms with Crippen LogP contribution in [0.2, 0.25) is 0 Å². The molecule has 0 atom stereocenters. The minimum absolute atomic E-state index is 0. The van der Waals surface area contributed by atoms with E-state index in [4.69, 9.17) is 0 Å². The molecule has 9 heteroatoms. The summed E-state index contributed by atoms with van der Waals surface area (Å²) in [6, 6.07) is 11.3. The largest absolute Gasteiger partial charge is 2.00 e. The van der Waals surface area contributed by atoms with Gasteiger partial charge in [-0.05, 0) is 97.5 Å². The average Bonchev–Trinajstić information content (AvgIpc) is 3.55. The Kier molecular flexibility index (Phi) is 7.08. The number of H-pyrrole nitrogens is 2. The van der Waals surface area contributed by atoms with Crippen molar-refractivity contribution in [1.82, 2.24) is 19.9 Å². The first-order valence-electron chi connectivity index (χ1n) is 10.9. The monoisotopic (exact) mass is 516 g/mol. The van der Waals surface area contributed by atoms with Crippen molar-refractivity contribution >= 4 is 58.3 Å². The quantitative estimate of drug-likeness (QED) is 0.331. The van der Waals surface area contributed by atoms with Gasteiger partial charge in [0.15, 0.2) is 0 Å². The van der Waals surface area contributed by atoms with E-state index in [1.54, 1.807) is 0 Å². The number of aromatic amines is 2. The number of aromatic nitrogens is 4. The first kappa shape index (κ1) is 24.3. The van der Waals surface area contributed by atoms with Gasteiger partial charge in [-0.15, -0.1) is 0 Å². The van der Waals surface area contributed by atoms with E-state index in [1.807, 2.05) is 60.7 Å². The van der Waals surface area contributed by atoms with Gasteiger partial charge < -0.3 is 29.8 Å². The van der Waals surface area contributed by atoms with Gasteiger partial charge in [-0.1, -0.05) is 0 Å². The van der Waals surface area contributed by atoms with Gasteiger partial charge in [-0.25, -0.2) is 9.97 Å². The van der Waals surface area contributed by atoms with E-state index in [9.17, 15) is 19.8 Å². The molecule has 0 radical (unpaired) electrons. The zero-order valence-electron chi connectivity index (χ0n) is 18.8. The summed E-state index contributed by atoms with van der Waals surface area (Å²) in [6.07, 6.45) is 7.99. The minimum Gasteiger partial charge on any atom is -0.550 e. The van der Waals surface area contributed by atoms with Crippen molar-refractivity contribution in [3.63, 3.8) is 0 Å². The van der Waals surface area contributed by atoms with Gasteiger partial charge in [-0.2, -0.15) is 0 Å². The molecule has 0 amide bonds. The number of aryl methyl sites for hydroxylation is 2. The summed E-state index contributed by atoms with van der Waals surface area (Å²) in [5.41, 5.74) is 7.72. The number of carboxylic acid groups (broad SMARTS) is 2. The fraction of sp³-hybridized carbons (Fsp3) is 0.154. The molecular formula is C26H20N4O4Zn. The Morgan fingerprint density at radius 1 is 0.629 bits per heavy atom. The fourth-order valence-electron chi connectivity index (χ4n) is 4.10. The summed E-state index contributed by atoms with van der Waals surface area (Å²) in [7, 11) is 0. The number of rotatable bonds is 6. The van der Waals surface area contributed by atoms with Crippen molar-refractivity contribution < 1.29 is 39.3 Å². The standard InChI is InChI=1S/C26H22N4O4.Zn/c31-25(32)7-1-15-9-21-12-19-5-3-17(27-19)11-18-4-6-20(28-18)13-22-10-16(2-8-26(33)34)24(30-22)14-23(15)29-21;/h3-6,9-14,29-30H,1-2,7-8H2,(H,31,32)(H,33,34);/q;+2/p-2. The predicted molar refractivity (Wildman–Crippen MR) is 126 cm³/mol. The summed E-state index contributed by atoms with van der Waals surface area (Å²) < 4.78 is 0. The van der Waals surface area contributed by atoms with Crippen LogP contribution in [0.25, 0.3) is 46.4 Å². The Balaban J connectivity index is 0.00000289. The van der Waals surface area contributed by atoms with E-state index < -0.39 is 11.9 Å². The molecule has 2 N–H and O–H groups in total. The van der Waals surface area contributed by atoms with E-state index in [1.165, 1.54) is 0 Å². The molecule has 2 aliphatic heterocycles. The number of fused-ring (bicyclic) bond motifs is 8. The molecule has 0 saturated carbocycles. The van der Waals surface area contributed by atoms with E-state index >= 15 is 0 Å². The van der Waals surface area contributed by atoms with Crippen molar-refractivity contribution in [3.8, 4) is 0 Å². The number of hydrogen-bond acceptors (Lipinski definition) is 6. The van der Waals surface area contributed by atoms with Gasteiger partial charge in [0.25, 0.3) is 0 Å². The topological polar surface area (TPSA) is 138 Å². The zero-order chi connectivity index (χ0) is 23.7. The molecule has 8 bridgehead atoms. The molecule has 170 valence electrons. The normalized spacial score (nSPS) is 11.9. The molecular weight excluding hydrogens is 498 g/mol. The molecule has 0 unspecified atom stereocenters. The Morgan fingerprint density at radius 3 is 1.43 bits per heavy atom. The van der Waals surface area contributed by atoms with E-state index in [0.717, 1.165) is 56.0 Å². The maximum absolute atomic E-state index is 11.1. The second-order valence-electron chi connectivity index (χ2n) is 8.24. The minimum atomic E-state index is -1.12. The van der Waals surface area contributed by atoms with Crippen LogP contribution in [0.3, 0.4) is 0 Å². The van der Waals surface area contributed by atoms with Crippen molar-refractivity contribution in [1.29, 1.82) is 0 Å². The summed E-state index contributed by atoms with van der Waals surface area (Å²) in [5, 5.41) is 22.2. The molecule has 8 nitrogen and oxygen atoms in total. The molecule has 0 spiro atoms. The SMILES string of the molecule is O=C([O-])CCc1cc2cc3nc(cc4nc(cc5cc(CCC(=O)[O-])c(cc1[nH]2)[nH]5)C=C4)C=C3.[Zn+2]. The Morgan fingerprint density at radius 2 is 1.03 bits per heavy atom. The van der Waals surface area contributed by atoms with E-state index in [-0.39, 0.29) is 32.3 Å². The predicted octanol–water partition coefficient (Wildman–Crippen LogP) is 2.02. The number of hydrogen-bond donors (Lipinski definition) is 2. The average molecular weight is 518 g/mol. The van der Waals surface area contributed by atoms with Gasteiger partial charge in [0.05, 0.1) is 22.8 Å². The van der Waals surface area contributed by atoms with Gasteiger partial charge in [-0.3, -0.25) is 0 Å². The van der Waals surface area contributed by atoms with Crippen LogP contribution in [-0.2, 0) is 41.9 Å². The maximum atomic E-state index is 11.1. The molecule has 5 rings (SSSR count). The third-order valence-corrected chi connectivity index (χ3v) is 5.66. The Bertz CT molecular complexity index is 1420. The van der Waals surface area contributed by atoms with Crippen LogP contribution in [0.15, 0.2) is 36.4 Å². The second kappa shape index (κ2) is 10.2. The van der Waals surface area contributed by atoms with Gasteiger partial charge >= 0.3 is 19.5 Å². The summed E-state index contributed by atoms with van der Waals surface area (Å²) in [4.78, 5) is 38.1. The fourth-order valence-corrected chi connectivity index (χ4v) is 4.10. The summed E-state index contributed by atoms with van der Waals surface area (Å²) in [5.74, 6) is -2.25. The first-order valence-corrected chi connectivity index (χ1v) is 10.9. The van der Waals surface area contributed by atoms with Crippen molar-refractivity contribution in [2.75, 3.05) is 0 Å². The summed E-state index contributed by atoms with van der Waals surface area (Å²) >= 11 is 0. The number of aliphatic carboxylic acids is 2. The third-order valence-electron chi connectivity index (χ3n) is 5.66. The van der Waals surface area contributed by atoms with Crippen LogP contribution in [0, 0.1) is 0 Å². The van der Waals surface area contributed by atoms with E-state index in [0.29, 0.717) is 12.8 Å². The molecule has 0 fully saturated rings. The van der Waals surface area contributed by atoms with Gasteiger partial charge in [0.1, 0.15) is 0 Å². The number of carbonyl (C=O) groups excluding carboxylic acids is 2. The maximum Gasteiger partial charge on any atom is 2.00 e. The van der Waals surface area contributed by atoms with Crippen molar-refractivity contribution in [2.24, 2.45) is 0 Å². The molecule has 2 aliphatic rings. The molecule has 5 heterocycles. The molecule has 0 saturated heterocycles. The Hall–Kier alpha value is -3.84. The number of carboxylic acids is 2. The van der Waals surface area contributed by atoms with Crippen LogP contribution in [-0.4, -0.2) is 31.9 Å². The number of nitrogens with zero attached hydrogens (tertiary/aromatic N) is 2. The summed E-state index contributed by atoms with van der Waals surface area (Å²) in [6.45, 7) is 0. The van der Waals surface area contributed by atoms with Crippen LogP contribution in [0.1, 0.15) is 46.7 Å². The molecule has 3 aromatic rings. The van der Waals surface area contributed by atoms with Gasteiger partial charge in [0.2, 0.25) is 0 Å². The molecule has 35 heavy (non-hydrogen) atoms. The molecule has 0 aliphatic carbocycles. The Labute approximate surface area is 213 Å². The van der Waals surface area contributed by atoms with Crippen LogP contribution in [0.4, 0.5) is 0 Å². The zero-order valence-corrected chi connectivity index (χ0v) is 21.8. The number of carbonyl (C=O) groups is 2. The van der Waals surface area contributed by atoms with Crippen molar-refractivity contribution in [2.45, 2.75) is 25.7 Å². The second-order valence-corrected chi connectivity index (χ2v) is 8.24. The van der Waals surface area contributed by atoms with Crippen molar-refractivity contribution in [3.05, 3.63) is 70.3 Å². The first-order chi connectivity index (χ1) is 16.4. The van der Waals surface area contributed by atoms with E-state index in [2.05, 4.69) is 19.9 Å². The van der Waals surface area contributed by atoms with Crippen LogP contribution < -0.4 is 10.2 Å². The smallest absolute Gasteiger partial charge is 0.550 e. The molecule has 3 aromatic heterocycles.